The molecule has 2 heterocycles. The Hall–Kier alpha value is -1.60. The molecule has 1 aromatic rings. The van der Waals surface area contributed by atoms with Crippen molar-refractivity contribution >= 4 is 5.82 Å². The van der Waals surface area contributed by atoms with Gasteiger partial charge in [-0.3, -0.25) is 0 Å². The van der Waals surface area contributed by atoms with Crippen molar-refractivity contribution in [2.24, 2.45) is 0 Å². The van der Waals surface area contributed by atoms with Crippen LogP contribution in [-0.2, 0) is 12.8 Å². The fraction of sp³-hybridized carbons (Fsp3) is 0.600. The van der Waals surface area contributed by atoms with Gasteiger partial charge in [0.1, 0.15) is 11.9 Å². The van der Waals surface area contributed by atoms with E-state index in [0.29, 0.717) is 6.04 Å². The summed E-state index contributed by atoms with van der Waals surface area (Å²) in [6.45, 7) is 5.17. The number of fused-ring (bicyclic) bond motifs is 1. The molecular formula is C15H20N4. The number of nitriles is 1. The van der Waals surface area contributed by atoms with Gasteiger partial charge < -0.3 is 10.2 Å². The summed E-state index contributed by atoms with van der Waals surface area (Å²) in [5.74, 6) is 0.913. The highest BCUT2D eigenvalue weighted by atomic mass is 15.3. The molecule has 1 aliphatic heterocycles. The van der Waals surface area contributed by atoms with Gasteiger partial charge in [0.25, 0.3) is 0 Å². The van der Waals surface area contributed by atoms with Crippen LogP contribution in [0.1, 0.15) is 36.6 Å². The molecule has 1 saturated heterocycles. The van der Waals surface area contributed by atoms with Gasteiger partial charge in [-0.15, -0.1) is 0 Å². The molecule has 4 nitrogen and oxygen atoms in total. The molecule has 0 aromatic carbocycles. The number of aryl methyl sites for hydroxylation is 2. The van der Waals surface area contributed by atoms with Gasteiger partial charge in [0.2, 0.25) is 0 Å². The Labute approximate surface area is 114 Å². The van der Waals surface area contributed by atoms with Crippen molar-refractivity contribution in [1.82, 2.24) is 10.3 Å². The van der Waals surface area contributed by atoms with Crippen LogP contribution in [0.5, 0.6) is 0 Å². The fourth-order valence-corrected chi connectivity index (χ4v) is 2.96. The zero-order valence-electron chi connectivity index (χ0n) is 11.4. The van der Waals surface area contributed by atoms with Gasteiger partial charge in [-0.2, -0.15) is 5.26 Å². The summed E-state index contributed by atoms with van der Waals surface area (Å²) in [4.78, 5) is 7.15. The number of anilines is 1. The number of nitrogens with one attached hydrogen (secondary N) is 1. The molecular weight excluding hydrogens is 236 g/mol. The van der Waals surface area contributed by atoms with E-state index in [4.69, 9.17) is 4.98 Å². The third-order valence-electron chi connectivity index (χ3n) is 4.09. The predicted octanol–water partition coefficient (Wildman–Crippen LogP) is 1.63. The van der Waals surface area contributed by atoms with Crippen molar-refractivity contribution in [3.8, 4) is 6.07 Å². The smallest absolute Gasteiger partial charge is 0.147 e. The maximum Gasteiger partial charge on any atom is 0.147 e. The Morgan fingerprint density at radius 1 is 1.47 bits per heavy atom. The Morgan fingerprint density at radius 2 is 2.32 bits per heavy atom. The van der Waals surface area contributed by atoms with Crippen LogP contribution in [-0.4, -0.2) is 30.7 Å². The second-order valence-electron chi connectivity index (χ2n) is 5.44. The molecule has 0 amide bonds. The number of nitrogens with zero attached hydrogens (tertiary/aromatic N) is 3. The summed E-state index contributed by atoms with van der Waals surface area (Å²) in [6.07, 6.45) is 4.41. The van der Waals surface area contributed by atoms with Gasteiger partial charge in [-0.1, -0.05) is 6.92 Å². The van der Waals surface area contributed by atoms with E-state index in [-0.39, 0.29) is 0 Å². The maximum absolute atomic E-state index is 9.41. The van der Waals surface area contributed by atoms with E-state index in [1.807, 2.05) is 0 Å². The molecule has 1 fully saturated rings. The first-order chi connectivity index (χ1) is 9.33. The third kappa shape index (κ3) is 2.19. The van der Waals surface area contributed by atoms with Gasteiger partial charge in [0.05, 0.1) is 11.6 Å². The molecule has 2 aliphatic rings. The fourth-order valence-electron chi connectivity index (χ4n) is 2.96. The van der Waals surface area contributed by atoms with E-state index < -0.39 is 0 Å². The molecule has 19 heavy (non-hydrogen) atoms. The molecule has 0 radical (unpaired) electrons. The molecule has 4 heteroatoms. The lowest BCUT2D eigenvalue weighted by atomic mass is 10.1. The first kappa shape index (κ1) is 12.4. The SMILES string of the molecule is CCCN(c1nc2c(cc1C#N)CCC2)C1CNC1. The lowest BCUT2D eigenvalue weighted by Crippen LogP contribution is -2.58. The average molecular weight is 256 g/mol. The quantitative estimate of drug-likeness (QED) is 0.889. The van der Waals surface area contributed by atoms with Crippen molar-refractivity contribution in [3.63, 3.8) is 0 Å². The number of hydrogen-bond donors (Lipinski definition) is 1. The number of pyridine rings is 1. The largest absolute Gasteiger partial charge is 0.350 e. The molecule has 1 aromatic heterocycles. The summed E-state index contributed by atoms with van der Waals surface area (Å²) < 4.78 is 0. The molecule has 0 saturated carbocycles. The van der Waals surface area contributed by atoms with Crippen LogP contribution in [0.15, 0.2) is 6.07 Å². The van der Waals surface area contributed by atoms with Crippen LogP contribution >= 0.6 is 0 Å². The first-order valence-corrected chi connectivity index (χ1v) is 7.23. The van der Waals surface area contributed by atoms with Crippen LogP contribution in [0.3, 0.4) is 0 Å². The molecule has 1 N–H and O–H groups in total. The molecule has 0 bridgehead atoms. The van der Waals surface area contributed by atoms with Crippen molar-refractivity contribution < 1.29 is 0 Å². The predicted molar refractivity (Wildman–Crippen MR) is 75.3 cm³/mol. The number of hydrogen-bond acceptors (Lipinski definition) is 4. The minimum Gasteiger partial charge on any atom is -0.350 e. The zero-order chi connectivity index (χ0) is 13.2. The van der Waals surface area contributed by atoms with E-state index in [1.165, 1.54) is 17.7 Å². The van der Waals surface area contributed by atoms with E-state index in [0.717, 1.165) is 50.3 Å². The Balaban J connectivity index is 1.99. The first-order valence-electron chi connectivity index (χ1n) is 7.23. The average Bonchev–Trinajstić information content (AvgIpc) is 2.81. The van der Waals surface area contributed by atoms with Crippen LogP contribution in [0.2, 0.25) is 0 Å². The topological polar surface area (TPSA) is 52.0 Å². The molecule has 0 spiro atoms. The van der Waals surface area contributed by atoms with Crippen LogP contribution in [0.4, 0.5) is 5.82 Å². The summed E-state index contributed by atoms with van der Waals surface area (Å²) in [5.41, 5.74) is 3.24. The minimum atomic E-state index is 0.499. The summed E-state index contributed by atoms with van der Waals surface area (Å²) in [6, 6.07) is 4.91. The third-order valence-corrected chi connectivity index (χ3v) is 4.09. The van der Waals surface area contributed by atoms with Crippen molar-refractivity contribution in [2.45, 2.75) is 38.6 Å². The van der Waals surface area contributed by atoms with E-state index in [2.05, 4.69) is 29.3 Å². The van der Waals surface area contributed by atoms with Crippen molar-refractivity contribution in [1.29, 1.82) is 5.26 Å². The maximum atomic E-state index is 9.41. The summed E-state index contributed by atoms with van der Waals surface area (Å²) >= 11 is 0. The van der Waals surface area contributed by atoms with Crippen LogP contribution in [0, 0.1) is 11.3 Å². The Bertz CT molecular complexity index is 514. The van der Waals surface area contributed by atoms with Crippen molar-refractivity contribution in [3.05, 3.63) is 22.9 Å². The molecule has 0 atom stereocenters. The zero-order valence-corrected chi connectivity index (χ0v) is 11.4. The normalized spacial score (nSPS) is 17.7. The summed E-state index contributed by atoms with van der Waals surface area (Å²) in [7, 11) is 0. The van der Waals surface area contributed by atoms with Gasteiger partial charge >= 0.3 is 0 Å². The highest BCUT2D eigenvalue weighted by Crippen LogP contribution is 2.28. The Morgan fingerprint density at radius 3 is 2.95 bits per heavy atom. The monoisotopic (exact) mass is 256 g/mol. The van der Waals surface area contributed by atoms with Crippen LogP contribution < -0.4 is 10.2 Å². The van der Waals surface area contributed by atoms with Gasteiger partial charge in [0, 0.05) is 25.3 Å². The van der Waals surface area contributed by atoms with E-state index in [1.54, 1.807) is 0 Å². The standard InChI is InChI=1S/C15H20N4/c1-2-6-19(13-9-17-10-13)15-12(8-16)7-11-4-3-5-14(11)18-15/h7,13,17H,2-6,9-10H2,1H3. The van der Waals surface area contributed by atoms with Crippen molar-refractivity contribution in [2.75, 3.05) is 24.5 Å². The molecule has 1 aliphatic carbocycles. The highest BCUT2D eigenvalue weighted by molar-refractivity contribution is 5.57. The Kier molecular flexibility index (Phi) is 3.39. The molecule has 100 valence electrons. The van der Waals surface area contributed by atoms with E-state index >= 15 is 0 Å². The molecule has 3 rings (SSSR count). The second-order valence-corrected chi connectivity index (χ2v) is 5.44. The number of aromatic nitrogens is 1. The minimum absolute atomic E-state index is 0.499. The summed E-state index contributed by atoms with van der Waals surface area (Å²) in [5, 5.41) is 12.7. The number of rotatable bonds is 4. The molecule has 0 unspecified atom stereocenters. The lowest BCUT2D eigenvalue weighted by Gasteiger charge is -2.39. The highest BCUT2D eigenvalue weighted by Gasteiger charge is 2.28. The van der Waals surface area contributed by atoms with Gasteiger partial charge in [-0.25, -0.2) is 4.98 Å². The van der Waals surface area contributed by atoms with Gasteiger partial charge in [0.15, 0.2) is 0 Å². The van der Waals surface area contributed by atoms with Gasteiger partial charge in [-0.05, 0) is 37.3 Å². The second kappa shape index (κ2) is 5.18. The van der Waals surface area contributed by atoms with Crippen LogP contribution in [0.25, 0.3) is 0 Å². The van der Waals surface area contributed by atoms with E-state index in [9.17, 15) is 5.26 Å². The lowest BCUT2D eigenvalue weighted by molar-refractivity contribution is 0.410.